The SMILES string of the molecule is O=C(COc1ccc(Cl)cc1Cl)NCCn1cccn1. The van der Waals surface area contributed by atoms with Crippen LogP contribution in [0, 0.1) is 0 Å². The number of carbonyl (C=O) groups excluding carboxylic acids is 1. The maximum Gasteiger partial charge on any atom is 0.258 e. The third-order valence-corrected chi connectivity index (χ3v) is 3.01. The van der Waals surface area contributed by atoms with Gasteiger partial charge < -0.3 is 10.1 Å². The molecule has 0 unspecified atom stereocenters. The number of benzene rings is 1. The van der Waals surface area contributed by atoms with Crippen molar-refractivity contribution in [3.8, 4) is 5.75 Å². The Morgan fingerprint density at radius 1 is 1.40 bits per heavy atom. The monoisotopic (exact) mass is 313 g/mol. The zero-order chi connectivity index (χ0) is 14.4. The number of carbonyl (C=O) groups is 1. The van der Waals surface area contributed by atoms with Crippen molar-refractivity contribution in [3.05, 3.63) is 46.7 Å². The average Bonchev–Trinajstić information content (AvgIpc) is 2.91. The summed E-state index contributed by atoms with van der Waals surface area (Å²) in [6.07, 6.45) is 3.52. The second kappa shape index (κ2) is 7.17. The van der Waals surface area contributed by atoms with E-state index in [2.05, 4.69) is 10.4 Å². The molecule has 0 aliphatic heterocycles. The smallest absolute Gasteiger partial charge is 0.258 e. The lowest BCUT2D eigenvalue weighted by molar-refractivity contribution is -0.123. The molecule has 5 nitrogen and oxygen atoms in total. The van der Waals surface area contributed by atoms with Crippen LogP contribution in [0.15, 0.2) is 36.7 Å². The van der Waals surface area contributed by atoms with E-state index < -0.39 is 0 Å². The minimum absolute atomic E-state index is 0.0968. The molecule has 0 fully saturated rings. The number of aromatic nitrogens is 2. The lowest BCUT2D eigenvalue weighted by atomic mass is 10.3. The summed E-state index contributed by atoms with van der Waals surface area (Å²) in [4.78, 5) is 11.6. The fourth-order valence-electron chi connectivity index (χ4n) is 1.53. The van der Waals surface area contributed by atoms with Gasteiger partial charge in [-0.15, -0.1) is 0 Å². The van der Waals surface area contributed by atoms with Crippen LogP contribution in [0.25, 0.3) is 0 Å². The fourth-order valence-corrected chi connectivity index (χ4v) is 1.99. The number of hydrogen-bond acceptors (Lipinski definition) is 3. The summed E-state index contributed by atoms with van der Waals surface area (Å²) in [5, 5.41) is 7.65. The van der Waals surface area contributed by atoms with E-state index in [9.17, 15) is 4.79 Å². The number of hydrogen-bond donors (Lipinski definition) is 1. The van der Waals surface area contributed by atoms with E-state index in [-0.39, 0.29) is 12.5 Å². The number of rotatable bonds is 6. The number of nitrogens with zero attached hydrogens (tertiary/aromatic N) is 2. The van der Waals surface area contributed by atoms with Gasteiger partial charge in [0.15, 0.2) is 6.61 Å². The second-order valence-corrected chi connectivity index (χ2v) is 4.83. The summed E-state index contributed by atoms with van der Waals surface area (Å²) in [7, 11) is 0. The van der Waals surface area contributed by atoms with Crippen molar-refractivity contribution < 1.29 is 9.53 Å². The van der Waals surface area contributed by atoms with E-state index in [0.717, 1.165) is 0 Å². The van der Waals surface area contributed by atoms with E-state index in [1.165, 1.54) is 0 Å². The van der Waals surface area contributed by atoms with E-state index in [0.29, 0.717) is 28.9 Å². The summed E-state index contributed by atoms with van der Waals surface area (Å²) in [6, 6.07) is 6.67. The molecule has 0 aliphatic carbocycles. The molecule has 0 radical (unpaired) electrons. The largest absolute Gasteiger partial charge is 0.482 e. The van der Waals surface area contributed by atoms with E-state index in [1.807, 2.05) is 12.3 Å². The molecule has 1 amide bonds. The van der Waals surface area contributed by atoms with E-state index >= 15 is 0 Å². The quantitative estimate of drug-likeness (QED) is 0.891. The topological polar surface area (TPSA) is 56.1 Å². The standard InChI is InChI=1S/C13H13Cl2N3O2/c14-10-2-3-12(11(15)8-10)20-9-13(19)16-5-7-18-6-1-4-17-18/h1-4,6,8H,5,7,9H2,(H,16,19). The molecule has 0 bridgehead atoms. The van der Waals surface area contributed by atoms with Crippen LogP contribution in [0.5, 0.6) is 5.75 Å². The summed E-state index contributed by atoms with van der Waals surface area (Å²) in [6.45, 7) is 0.999. The normalized spacial score (nSPS) is 10.3. The molecule has 0 spiro atoms. The molecular weight excluding hydrogens is 301 g/mol. The van der Waals surface area contributed by atoms with Gasteiger partial charge >= 0.3 is 0 Å². The highest BCUT2D eigenvalue weighted by Gasteiger charge is 2.06. The Hall–Kier alpha value is -1.72. The summed E-state index contributed by atoms with van der Waals surface area (Å²) >= 11 is 11.7. The van der Waals surface area contributed by atoms with Crippen LogP contribution >= 0.6 is 23.2 Å². The van der Waals surface area contributed by atoms with Crippen LogP contribution in [0.1, 0.15) is 0 Å². The van der Waals surface area contributed by atoms with Crippen molar-refractivity contribution in [2.24, 2.45) is 0 Å². The van der Waals surface area contributed by atoms with Crippen LogP contribution in [0.3, 0.4) is 0 Å². The van der Waals surface area contributed by atoms with Crippen LogP contribution < -0.4 is 10.1 Å². The molecule has 0 saturated carbocycles. The first-order chi connectivity index (χ1) is 9.65. The lowest BCUT2D eigenvalue weighted by Gasteiger charge is -2.09. The van der Waals surface area contributed by atoms with Gasteiger partial charge in [0.25, 0.3) is 5.91 Å². The summed E-state index contributed by atoms with van der Waals surface area (Å²) in [5.74, 6) is 0.210. The Balaban J connectivity index is 1.72. The Morgan fingerprint density at radius 3 is 2.95 bits per heavy atom. The van der Waals surface area contributed by atoms with Crippen LogP contribution in [-0.4, -0.2) is 28.8 Å². The van der Waals surface area contributed by atoms with E-state index in [1.54, 1.807) is 29.1 Å². The van der Waals surface area contributed by atoms with Crippen LogP contribution in [0.4, 0.5) is 0 Å². The number of nitrogens with one attached hydrogen (secondary N) is 1. The van der Waals surface area contributed by atoms with Crippen molar-refractivity contribution in [3.63, 3.8) is 0 Å². The van der Waals surface area contributed by atoms with E-state index in [4.69, 9.17) is 27.9 Å². The predicted molar refractivity (Wildman–Crippen MR) is 77.2 cm³/mol. The van der Waals surface area contributed by atoms with Gasteiger partial charge in [-0.3, -0.25) is 9.48 Å². The molecule has 20 heavy (non-hydrogen) atoms. The maximum absolute atomic E-state index is 11.6. The molecule has 0 aliphatic rings. The highest BCUT2D eigenvalue weighted by atomic mass is 35.5. The number of ether oxygens (including phenoxy) is 1. The first-order valence-electron chi connectivity index (χ1n) is 5.97. The van der Waals surface area contributed by atoms with Crippen molar-refractivity contribution >= 4 is 29.1 Å². The van der Waals surface area contributed by atoms with Crippen LogP contribution in [-0.2, 0) is 11.3 Å². The molecule has 1 heterocycles. The Kier molecular flexibility index (Phi) is 5.26. The maximum atomic E-state index is 11.6. The van der Waals surface area contributed by atoms with Gasteiger partial charge in [0.05, 0.1) is 11.6 Å². The van der Waals surface area contributed by atoms with Crippen molar-refractivity contribution in [2.45, 2.75) is 6.54 Å². The lowest BCUT2D eigenvalue weighted by Crippen LogP contribution is -2.31. The molecule has 0 atom stereocenters. The van der Waals surface area contributed by atoms with Crippen LogP contribution in [0.2, 0.25) is 10.0 Å². The van der Waals surface area contributed by atoms with Crippen molar-refractivity contribution in [1.82, 2.24) is 15.1 Å². The third kappa shape index (κ3) is 4.43. The highest BCUT2D eigenvalue weighted by molar-refractivity contribution is 6.35. The Labute approximate surface area is 126 Å². The van der Waals surface area contributed by atoms with Gasteiger partial charge in [-0.25, -0.2) is 0 Å². The first kappa shape index (κ1) is 14.7. The Bertz CT molecular complexity index is 573. The molecule has 1 aromatic carbocycles. The first-order valence-corrected chi connectivity index (χ1v) is 6.73. The van der Waals surface area contributed by atoms with Gasteiger partial charge in [-0.2, -0.15) is 5.10 Å². The highest BCUT2D eigenvalue weighted by Crippen LogP contribution is 2.27. The fraction of sp³-hybridized carbons (Fsp3) is 0.231. The van der Waals surface area contributed by atoms with Gasteiger partial charge in [-0.05, 0) is 24.3 Å². The molecule has 2 rings (SSSR count). The molecular formula is C13H13Cl2N3O2. The molecule has 1 N–H and O–H groups in total. The van der Waals surface area contributed by atoms with Gasteiger partial charge in [0.1, 0.15) is 5.75 Å². The van der Waals surface area contributed by atoms with Crippen molar-refractivity contribution in [2.75, 3.05) is 13.2 Å². The van der Waals surface area contributed by atoms with Gasteiger partial charge in [0, 0.05) is 24.0 Å². The van der Waals surface area contributed by atoms with Crippen molar-refractivity contribution in [1.29, 1.82) is 0 Å². The van der Waals surface area contributed by atoms with Gasteiger partial charge in [0.2, 0.25) is 0 Å². The zero-order valence-corrected chi connectivity index (χ0v) is 12.1. The average molecular weight is 314 g/mol. The summed E-state index contributed by atoms with van der Waals surface area (Å²) in [5.41, 5.74) is 0. The number of halogens is 2. The second-order valence-electron chi connectivity index (χ2n) is 3.98. The molecule has 2 aromatic rings. The summed E-state index contributed by atoms with van der Waals surface area (Å²) < 4.78 is 7.05. The minimum Gasteiger partial charge on any atom is -0.482 e. The Morgan fingerprint density at radius 2 is 2.25 bits per heavy atom. The molecule has 1 aromatic heterocycles. The number of amides is 1. The predicted octanol–water partition coefficient (Wildman–Crippen LogP) is 2.39. The minimum atomic E-state index is -0.219. The molecule has 106 valence electrons. The zero-order valence-electron chi connectivity index (χ0n) is 10.6. The molecule has 0 saturated heterocycles. The molecule has 7 heteroatoms. The third-order valence-electron chi connectivity index (χ3n) is 2.47. The van der Waals surface area contributed by atoms with Gasteiger partial charge in [-0.1, -0.05) is 23.2 Å².